The summed E-state index contributed by atoms with van der Waals surface area (Å²) in [6.07, 6.45) is 5.98. The Morgan fingerprint density at radius 3 is 2.52 bits per heavy atom. The van der Waals surface area contributed by atoms with Gasteiger partial charge in [0.15, 0.2) is 0 Å². The second kappa shape index (κ2) is 8.09. The van der Waals surface area contributed by atoms with Crippen LogP contribution in [0.15, 0.2) is 18.2 Å². The van der Waals surface area contributed by atoms with Crippen molar-refractivity contribution in [2.75, 3.05) is 50.9 Å². The Morgan fingerprint density at radius 1 is 1.20 bits per heavy atom. The van der Waals surface area contributed by atoms with E-state index in [-0.39, 0.29) is 5.91 Å². The van der Waals surface area contributed by atoms with Gasteiger partial charge in [-0.3, -0.25) is 4.79 Å². The van der Waals surface area contributed by atoms with E-state index in [0.717, 1.165) is 62.4 Å². The number of nitrogens with two attached hydrogens (primary N) is 1. The highest BCUT2D eigenvalue weighted by molar-refractivity contribution is 5.77. The van der Waals surface area contributed by atoms with Crippen molar-refractivity contribution in [3.8, 4) is 0 Å². The maximum Gasteiger partial charge on any atom is 0.222 e. The zero-order valence-corrected chi connectivity index (χ0v) is 15.7. The standard InChI is InChI=1S/C20H32N4O/c1-22-13-9-17(10-14-22)23(2)20(25)8-6-16-5-7-19(18(21)15-16)24-11-3-4-12-24/h5,7,15,17H,3-4,6,8-14,21H2,1-2H3. The van der Waals surface area contributed by atoms with Crippen LogP contribution in [0, 0.1) is 0 Å². The van der Waals surface area contributed by atoms with E-state index in [0.29, 0.717) is 12.5 Å². The maximum absolute atomic E-state index is 12.5. The molecule has 1 amide bonds. The first-order valence-corrected chi connectivity index (χ1v) is 9.62. The molecule has 0 bridgehead atoms. The van der Waals surface area contributed by atoms with Gasteiger partial charge in [0.25, 0.3) is 0 Å². The van der Waals surface area contributed by atoms with Crippen molar-refractivity contribution in [1.29, 1.82) is 0 Å². The monoisotopic (exact) mass is 344 g/mol. The van der Waals surface area contributed by atoms with Gasteiger partial charge in [-0.2, -0.15) is 0 Å². The van der Waals surface area contributed by atoms with Gasteiger partial charge in [0.05, 0.1) is 11.4 Å². The number of piperidine rings is 1. The molecule has 2 aliphatic rings. The van der Waals surface area contributed by atoms with Crippen molar-refractivity contribution in [2.24, 2.45) is 0 Å². The lowest BCUT2D eigenvalue weighted by Gasteiger charge is -2.35. The molecule has 2 N–H and O–H groups in total. The number of rotatable bonds is 5. The first-order chi connectivity index (χ1) is 12.0. The van der Waals surface area contributed by atoms with Crippen molar-refractivity contribution in [3.05, 3.63) is 23.8 Å². The van der Waals surface area contributed by atoms with E-state index in [1.54, 1.807) is 0 Å². The molecule has 138 valence electrons. The summed E-state index contributed by atoms with van der Waals surface area (Å²) in [5.41, 5.74) is 9.41. The summed E-state index contributed by atoms with van der Waals surface area (Å²) in [5.74, 6) is 0.247. The summed E-state index contributed by atoms with van der Waals surface area (Å²) in [7, 11) is 4.11. The summed E-state index contributed by atoms with van der Waals surface area (Å²) < 4.78 is 0. The highest BCUT2D eigenvalue weighted by atomic mass is 16.2. The van der Waals surface area contributed by atoms with E-state index in [4.69, 9.17) is 5.73 Å². The molecule has 25 heavy (non-hydrogen) atoms. The topological polar surface area (TPSA) is 52.8 Å². The largest absolute Gasteiger partial charge is 0.397 e. The Morgan fingerprint density at radius 2 is 1.88 bits per heavy atom. The molecule has 2 fully saturated rings. The number of benzene rings is 1. The van der Waals surface area contributed by atoms with Crippen LogP contribution in [0.25, 0.3) is 0 Å². The van der Waals surface area contributed by atoms with Crippen LogP contribution < -0.4 is 10.6 Å². The van der Waals surface area contributed by atoms with Crippen molar-refractivity contribution < 1.29 is 4.79 Å². The average Bonchev–Trinajstić information content (AvgIpc) is 3.14. The Bertz CT molecular complexity index is 589. The van der Waals surface area contributed by atoms with E-state index in [1.807, 2.05) is 11.9 Å². The molecule has 0 saturated carbocycles. The molecule has 5 nitrogen and oxygen atoms in total. The Kier molecular flexibility index (Phi) is 5.84. The number of amides is 1. The third kappa shape index (κ3) is 4.46. The number of carbonyl (C=O) groups is 1. The number of hydrogen-bond acceptors (Lipinski definition) is 4. The summed E-state index contributed by atoms with van der Waals surface area (Å²) in [6, 6.07) is 6.70. The minimum absolute atomic E-state index is 0.247. The lowest BCUT2D eigenvalue weighted by molar-refractivity contribution is -0.132. The van der Waals surface area contributed by atoms with Gasteiger partial charge in [-0.05, 0) is 69.9 Å². The summed E-state index contributed by atoms with van der Waals surface area (Å²) in [6.45, 7) is 4.36. The first-order valence-electron chi connectivity index (χ1n) is 9.62. The number of hydrogen-bond donors (Lipinski definition) is 1. The van der Waals surface area contributed by atoms with Crippen LogP contribution in [0.3, 0.4) is 0 Å². The molecule has 0 aromatic heterocycles. The predicted octanol–water partition coefficient (Wildman–Crippen LogP) is 2.35. The van der Waals surface area contributed by atoms with Gasteiger partial charge in [-0.1, -0.05) is 6.07 Å². The lowest BCUT2D eigenvalue weighted by Crippen LogP contribution is -2.44. The van der Waals surface area contributed by atoms with Crippen LogP contribution in [0.4, 0.5) is 11.4 Å². The zero-order valence-electron chi connectivity index (χ0n) is 15.7. The smallest absolute Gasteiger partial charge is 0.222 e. The van der Waals surface area contributed by atoms with Gasteiger partial charge >= 0.3 is 0 Å². The number of carbonyl (C=O) groups excluding carboxylic acids is 1. The number of nitrogen functional groups attached to an aromatic ring is 1. The van der Waals surface area contributed by atoms with Crippen molar-refractivity contribution in [2.45, 2.75) is 44.6 Å². The first kappa shape index (κ1) is 18.1. The van der Waals surface area contributed by atoms with Crippen LogP contribution in [0.1, 0.15) is 37.7 Å². The zero-order chi connectivity index (χ0) is 17.8. The molecule has 3 rings (SSSR count). The molecule has 0 radical (unpaired) electrons. The quantitative estimate of drug-likeness (QED) is 0.833. The van der Waals surface area contributed by atoms with Gasteiger partial charge in [0, 0.05) is 32.6 Å². The van der Waals surface area contributed by atoms with Crippen LogP contribution in [-0.4, -0.2) is 62.0 Å². The van der Waals surface area contributed by atoms with Gasteiger partial charge < -0.3 is 20.4 Å². The molecule has 0 atom stereocenters. The molecule has 1 aromatic carbocycles. The molecule has 1 aromatic rings. The van der Waals surface area contributed by atoms with Crippen molar-refractivity contribution in [3.63, 3.8) is 0 Å². The van der Waals surface area contributed by atoms with Gasteiger partial charge in [-0.25, -0.2) is 0 Å². The summed E-state index contributed by atoms with van der Waals surface area (Å²) in [5, 5.41) is 0. The van der Waals surface area contributed by atoms with Crippen LogP contribution in [0.2, 0.25) is 0 Å². The molecule has 2 heterocycles. The molecule has 2 saturated heterocycles. The van der Waals surface area contributed by atoms with E-state index >= 15 is 0 Å². The van der Waals surface area contributed by atoms with Crippen LogP contribution in [0.5, 0.6) is 0 Å². The predicted molar refractivity (Wildman–Crippen MR) is 104 cm³/mol. The van der Waals surface area contributed by atoms with Gasteiger partial charge in [-0.15, -0.1) is 0 Å². The molecule has 0 unspecified atom stereocenters. The Hall–Kier alpha value is -1.75. The van der Waals surface area contributed by atoms with Crippen molar-refractivity contribution >= 4 is 17.3 Å². The minimum atomic E-state index is 0.247. The SMILES string of the molecule is CN1CCC(N(C)C(=O)CCc2ccc(N3CCCC3)c(N)c2)CC1. The molecule has 5 heteroatoms. The number of aryl methyl sites for hydroxylation is 1. The summed E-state index contributed by atoms with van der Waals surface area (Å²) >= 11 is 0. The highest BCUT2D eigenvalue weighted by Gasteiger charge is 2.23. The van der Waals surface area contributed by atoms with Gasteiger partial charge in [0.2, 0.25) is 5.91 Å². The molecule has 2 aliphatic heterocycles. The van der Waals surface area contributed by atoms with E-state index < -0.39 is 0 Å². The number of anilines is 2. The normalized spacial score (nSPS) is 19.4. The Balaban J connectivity index is 1.52. The van der Waals surface area contributed by atoms with Crippen molar-refractivity contribution in [1.82, 2.24) is 9.80 Å². The maximum atomic E-state index is 12.5. The third-order valence-electron chi connectivity index (χ3n) is 5.80. The third-order valence-corrected chi connectivity index (χ3v) is 5.80. The van der Waals surface area contributed by atoms with Crippen LogP contribution in [-0.2, 0) is 11.2 Å². The molecular formula is C20H32N4O. The fraction of sp³-hybridized carbons (Fsp3) is 0.650. The molecule has 0 aliphatic carbocycles. The average molecular weight is 345 g/mol. The van der Waals surface area contributed by atoms with Crippen LogP contribution >= 0.6 is 0 Å². The van der Waals surface area contributed by atoms with E-state index in [2.05, 4.69) is 35.0 Å². The number of nitrogens with zero attached hydrogens (tertiary/aromatic N) is 3. The number of likely N-dealkylation sites (tertiary alicyclic amines) is 1. The summed E-state index contributed by atoms with van der Waals surface area (Å²) in [4.78, 5) is 19.2. The fourth-order valence-electron chi connectivity index (χ4n) is 4.02. The second-order valence-corrected chi connectivity index (χ2v) is 7.63. The van der Waals surface area contributed by atoms with Gasteiger partial charge in [0.1, 0.15) is 0 Å². The highest BCUT2D eigenvalue weighted by Crippen LogP contribution is 2.28. The molecular weight excluding hydrogens is 312 g/mol. The van der Waals surface area contributed by atoms with E-state index in [9.17, 15) is 4.79 Å². The van der Waals surface area contributed by atoms with E-state index in [1.165, 1.54) is 12.8 Å². The minimum Gasteiger partial charge on any atom is -0.397 e. The Labute approximate surface area is 151 Å². The fourth-order valence-corrected chi connectivity index (χ4v) is 4.02. The lowest BCUT2D eigenvalue weighted by atomic mass is 10.0. The molecule has 0 spiro atoms. The second-order valence-electron chi connectivity index (χ2n) is 7.63.